The Kier molecular flexibility index (Phi) is 94.6. The van der Waals surface area contributed by atoms with Gasteiger partial charge in [0, 0.05) is 0 Å². The van der Waals surface area contributed by atoms with Gasteiger partial charge >= 0.3 is 0 Å². The van der Waals surface area contributed by atoms with Gasteiger partial charge < -0.3 is 0 Å². The van der Waals surface area contributed by atoms with E-state index in [9.17, 15) is 0 Å². The van der Waals surface area contributed by atoms with Crippen molar-refractivity contribution in [2.45, 2.75) is 101 Å². The maximum atomic E-state index is 2.12. The van der Waals surface area contributed by atoms with Crippen LogP contribution in [0.2, 0.25) is 0 Å². The molecule has 1 aliphatic carbocycles. The van der Waals surface area contributed by atoms with Gasteiger partial charge in [-0.3, -0.25) is 0 Å². The van der Waals surface area contributed by atoms with Gasteiger partial charge in [-0.2, -0.15) is 0 Å². The van der Waals surface area contributed by atoms with E-state index in [1.54, 1.807) is 0 Å². The van der Waals surface area contributed by atoms with Gasteiger partial charge in [0.15, 0.2) is 0 Å². The van der Waals surface area contributed by atoms with E-state index in [1.807, 2.05) is 27.7 Å². The molecule has 0 radical (unpaired) electrons. The molecule has 15 heavy (non-hydrogen) atoms. The van der Waals surface area contributed by atoms with Gasteiger partial charge in [-0.15, -0.1) is 0 Å². The lowest BCUT2D eigenvalue weighted by Crippen LogP contribution is -1.85. The van der Waals surface area contributed by atoms with Crippen molar-refractivity contribution in [1.82, 2.24) is 0 Å². The lowest BCUT2D eigenvalue weighted by Gasteiger charge is -2.05. The normalized spacial score (nSPS) is 11.6. The maximum absolute atomic E-state index is 2.12. The van der Waals surface area contributed by atoms with Crippen molar-refractivity contribution in [3.8, 4) is 0 Å². The molecule has 0 atom stereocenters. The van der Waals surface area contributed by atoms with Gasteiger partial charge in [0.05, 0.1) is 0 Å². The zero-order valence-corrected chi connectivity index (χ0v) is 10.9. The smallest absolute Gasteiger partial charge is 0.0533 e. The van der Waals surface area contributed by atoms with Crippen molar-refractivity contribution < 1.29 is 0 Å². The molecule has 0 heterocycles. The SMILES string of the molecule is C.C.C1CCCCC1.CC.CC.CCC. The minimum absolute atomic E-state index is 0. The van der Waals surface area contributed by atoms with Crippen LogP contribution >= 0.6 is 0 Å². The molecule has 0 N–H and O–H groups in total. The molecule has 0 amide bonds. The summed E-state index contributed by atoms with van der Waals surface area (Å²) < 4.78 is 0. The fraction of sp³-hybridized carbons (Fsp3) is 1.00. The first-order chi connectivity index (χ1) is 6.41. The molecule has 1 rings (SSSR count). The number of rotatable bonds is 0. The predicted molar refractivity (Wildman–Crippen MR) is 79.8 cm³/mol. The second kappa shape index (κ2) is 48.3. The zero-order chi connectivity index (χ0) is 10.9. The van der Waals surface area contributed by atoms with Crippen LogP contribution < -0.4 is 0 Å². The van der Waals surface area contributed by atoms with Gasteiger partial charge in [0.25, 0.3) is 0 Å². The van der Waals surface area contributed by atoms with Crippen molar-refractivity contribution in [2.75, 3.05) is 0 Å². The number of hydrogen-bond donors (Lipinski definition) is 0. The van der Waals surface area contributed by atoms with Crippen molar-refractivity contribution in [3.05, 3.63) is 0 Å². The van der Waals surface area contributed by atoms with E-state index in [0.29, 0.717) is 0 Å². The van der Waals surface area contributed by atoms with Crippen molar-refractivity contribution in [3.63, 3.8) is 0 Å². The van der Waals surface area contributed by atoms with Crippen molar-refractivity contribution in [1.29, 1.82) is 0 Å². The third-order valence-electron chi connectivity index (χ3n) is 1.50. The van der Waals surface area contributed by atoms with E-state index in [-0.39, 0.29) is 14.9 Å². The lowest BCUT2D eigenvalue weighted by atomic mass is 10.0. The zero-order valence-electron chi connectivity index (χ0n) is 10.9. The van der Waals surface area contributed by atoms with E-state index < -0.39 is 0 Å². The summed E-state index contributed by atoms with van der Waals surface area (Å²) >= 11 is 0. The van der Waals surface area contributed by atoms with Crippen molar-refractivity contribution in [2.24, 2.45) is 0 Å². The highest BCUT2D eigenvalue weighted by molar-refractivity contribution is 4.51. The Balaban J connectivity index is -0.0000000329. The molecule has 1 fully saturated rings. The minimum Gasteiger partial charge on any atom is -0.0776 e. The van der Waals surface area contributed by atoms with Crippen LogP contribution in [0.25, 0.3) is 0 Å². The Morgan fingerprint density at radius 2 is 0.600 bits per heavy atom. The monoisotopic (exact) mass is 220 g/mol. The Morgan fingerprint density at radius 3 is 0.667 bits per heavy atom. The maximum Gasteiger partial charge on any atom is -0.0533 e. The molecule has 0 heteroatoms. The van der Waals surface area contributed by atoms with Crippen molar-refractivity contribution >= 4 is 0 Å². The topological polar surface area (TPSA) is 0 Å². The highest BCUT2D eigenvalue weighted by Gasteiger charge is 1.95. The van der Waals surface area contributed by atoms with Gasteiger partial charge in [0.1, 0.15) is 0 Å². The molecule has 0 aromatic rings. The Labute approximate surface area is 102 Å². The fourth-order valence-corrected chi connectivity index (χ4v) is 1.06. The van der Waals surface area contributed by atoms with Crippen LogP contribution in [0, 0.1) is 0 Å². The lowest BCUT2D eigenvalue weighted by molar-refractivity contribution is 0.504. The summed E-state index contributed by atoms with van der Waals surface area (Å²) in [6.07, 6.45) is 10.2. The van der Waals surface area contributed by atoms with E-state index in [1.165, 1.54) is 44.9 Å². The number of hydrogen-bond acceptors (Lipinski definition) is 0. The molecule has 0 saturated heterocycles. The quantitative estimate of drug-likeness (QED) is 0.409. The molecule has 1 aliphatic rings. The van der Waals surface area contributed by atoms with Crippen LogP contribution in [0.15, 0.2) is 0 Å². The summed E-state index contributed by atoms with van der Waals surface area (Å²) in [5, 5.41) is 0. The largest absolute Gasteiger partial charge is 0.0776 e. The second-order valence-electron chi connectivity index (χ2n) is 2.83. The third-order valence-corrected chi connectivity index (χ3v) is 1.50. The molecular formula is C15H40. The summed E-state index contributed by atoms with van der Waals surface area (Å²) in [5.74, 6) is 0. The Bertz CT molecular complexity index is 23.8. The predicted octanol–water partition coefficient (Wildman–Crippen LogP) is 7.08. The van der Waals surface area contributed by atoms with Crippen LogP contribution in [-0.2, 0) is 0 Å². The summed E-state index contributed by atoms with van der Waals surface area (Å²) in [7, 11) is 0. The molecule has 1 saturated carbocycles. The third kappa shape index (κ3) is 56.0. The average molecular weight is 220 g/mol. The van der Waals surface area contributed by atoms with Gasteiger partial charge in [-0.1, -0.05) is 101 Å². The van der Waals surface area contributed by atoms with Crippen LogP contribution in [0.1, 0.15) is 101 Å². The molecule has 0 spiro atoms. The molecule has 0 aromatic carbocycles. The summed E-state index contributed by atoms with van der Waals surface area (Å²) in [6, 6.07) is 0. The molecular weight excluding hydrogens is 180 g/mol. The first-order valence-corrected chi connectivity index (χ1v) is 6.41. The molecule has 100 valence electrons. The highest BCUT2D eigenvalue weighted by Crippen LogP contribution is 2.15. The van der Waals surface area contributed by atoms with Crippen LogP contribution in [0.5, 0.6) is 0 Å². The molecule has 0 bridgehead atoms. The first-order valence-electron chi connectivity index (χ1n) is 6.41. The second-order valence-corrected chi connectivity index (χ2v) is 2.83. The van der Waals surface area contributed by atoms with E-state index >= 15 is 0 Å². The van der Waals surface area contributed by atoms with E-state index in [2.05, 4.69) is 13.8 Å². The van der Waals surface area contributed by atoms with Crippen LogP contribution in [0.4, 0.5) is 0 Å². The Morgan fingerprint density at radius 1 is 0.533 bits per heavy atom. The summed E-state index contributed by atoms with van der Waals surface area (Å²) in [6.45, 7) is 12.2. The molecule has 0 aromatic heterocycles. The summed E-state index contributed by atoms with van der Waals surface area (Å²) in [5.41, 5.74) is 0. The van der Waals surface area contributed by atoms with Crippen LogP contribution in [-0.4, -0.2) is 0 Å². The minimum atomic E-state index is 0. The summed E-state index contributed by atoms with van der Waals surface area (Å²) in [4.78, 5) is 0. The molecule has 0 aliphatic heterocycles. The van der Waals surface area contributed by atoms with E-state index in [4.69, 9.17) is 0 Å². The first kappa shape index (κ1) is 29.4. The van der Waals surface area contributed by atoms with E-state index in [0.717, 1.165) is 0 Å². The molecule has 0 unspecified atom stereocenters. The van der Waals surface area contributed by atoms with Gasteiger partial charge in [-0.05, 0) is 0 Å². The van der Waals surface area contributed by atoms with Crippen LogP contribution in [0.3, 0.4) is 0 Å². The highest BCUT2D eigenvalue weighted by atomic mass is 14.0. The standard InChI is InChI=1S/C6H12.C3H8.2C2H6.2CH4/c1-2-4-6-5-3-1;1-3-2;2*1-2;;/h1-6H2;3H2,1-2H3;2*1-2H3;2*1H4. The van der Waals surface area contributed by atoms with Gasteiger partial charge in [0.2, 0.25) is 0 Å². The Hall–Kier alpha value is 0. The average Bonchev–Trinajstić information content (AvgIpc) is 2.27. The fourth-order valence-electron chi connectivity index (χ4n) is 1.06. The molecule has 0 nitrogen and oxygen atoms in total. The van der Waals surface area contributed by atoms with Gasteiger partial charge in [-0.25, -0.2) is 0 Å².